The number of rotatable bonds is 7. The molecule has 144 valence electrons. The van der Waals surface area contributed by atoms with Crippen LogP contribution in [0.1, 0.15) is 24.3 Å². The Bertz CT molecular complexity index is 869. The van der Waals surface area contributed by atoms with Crippen LogP contribution in [0.15, 0.2) is 78.4 Å². The SMILES string of the molecule is COc1ccc(NC(=O)COC(=O)C(C2=CCCC=C2)c2ccccc2)cc1. The summed E-state index contributed by atoms with van der Waals surface area (Å²) < 4.78 is 10.4. The zero-order valence-corrected chi connectivity index (χ0v) is 15.8. The molecule has 5 heteroatoms. The molecule has 0 bridgehead atoms. The van der Waals surface area contributed by atoms with Gasteiger partial charge in [0.25, 0.3) is 5.91 Å². The smallest absolute Gasteiger partial charge is 0.318 e. The first kappa shape index (κ1) is 19.4. The summed E-state index contributed by atoms with van der Waals surface area (Å²) in [7, 11) is 1.58. The van der Waals surface area contributed by atoms with Gasteiger partial charge in [-0.1, -0.05) is 48.6 Å². The summed E-state index contributed by atoms with van der Waals surface area (Å²) in [5.41, 5.74) is 2.36. The molecule has 0 saturated heterocycles. The Morgan fingerprint density at radius 3 is 2.43 bits per heavy atom. The first-order chi connectivity index (χ1) is 13.7. The second-order valence-corrected chi connectivity index (χ2v) is 6.41. The van der Waals surface area contributed by atoms with Gasteiger partial charge in [-0.05, 0) is 48.2 Å². The first-order valence-corrected chi connectivity index (χ1v) is 9.19. The lowest BCUT2D eigenvalue weighted by Crippen LogP contribution is -2.25. The lowest BCUT2D eigenvalue weighted by Gasteiger charge is -2.19. The third-order valence-corrected chi connectivity index (χ3v) is 4.44. The van der Waals surface area contributed by atoms with E-state index in [1.807, 2.05) is 36.4 Å². The van der Waals surface area contributed by atoms with Gasteiger partial charge < -0.3 is 14.8 Å². The number of ether oxygens (including phenoxy) is 2. The number of anilines is 1. The highest BCUT2D eigenvalue weighted by Gasteiger charge is 2.26. The summed E-state index contributed by atoms with van der Waals surface area (Å²) in [5, 5.41) is 2.71. The Balaban J connectivity index is 1.64. The van der Waals surface area contributed by atoms with Crippen molar-refractivity contribution < 1.29 is 19.1 Å². The van der Waals surface area contributed by atoms with Crippen LogP contribution >= 0.6 is 0 Å². The predicted octanol–water partition coefficient (Wildman–Crippen LogP) is 4.24. The van der Waals surface area contributed by atoms with Crippen molar-refractivity contribution in [1.29, 1.82) is 0 Å². The van der Waals surface area contributed by atoms with Crippen LogP contribution in [0.5, 0.6) is 5.75 Å². The van der Waals surface area contributed by atoms with Crippen molar-refractivity contribution in [3.8, 4) is 5.75 Å². The highest BCUT2D eigenvalue weighted by molar-refractivity contribution is 5.93. The van der Waals surface area contributed by atoms with Crippen LogP contribution < -0.4 is 10.1 Å². The number of methoxy groups -OCH3 is 1. The van der Waals surface area contributed by atoms with Gasteiger partial charge in [-0.2, -0.15) is 0 Å². The number of allylic oxidation sites excluding steroid dienone is 3. The summed E-state index contributed by atoms with van der Waals surface area (Å²) in [6.45, 7) is -0.342. The van der Waals surface area contributed by atoms with E-state index < -0.39 is 17.8 Å². The fraction of sp³-hybridized carbons (Fsp3) is 0.217. The normalized spacial score (nSPS) is 14.0. The maximum atomic E-state index is 12.8. The molecule has 1 N–H and O–H groups in total. The van der Waals surface area contributed by atoms with Crippen LogP contribution in [-0.2, 0) is 14.3 Å². The molecule has 1 unspecified atom stereocenters. The molecule has 0 fully saturated rings. The van der Waals surface area contributed by atoms with Crippen molar-refractivity contribution in [3.05, 3.63) is 84.0 Å². The largest absolute Gasteiger partial charge is 0.497 e. The molecule has 0 aromatic heterocycles. The molecule has 1 atom stereocenters. The lowest BCUT2D eigenvalue weighted by atomic mass is 9.88. The molecule has 1 aliphatic rings. The van der Waals surface area contributed by atoms with Crippen LogP contribution in [-0.4, -0.2) is 25.6 Å². The van der Waals surface area contributed by atoms with E-state index in [0.717, 1.165) is 24.0 Å². The Kier molecular flexibility index (Phi) is 6.63. The fourth-order valence-electron chi connectivity index (χ4n) is 3.05. The predicted molar refractivity (Wildman–Crippen MR) is 108 cm³/mol. The summed E-state index contributed by atoms with van der Waals surface area (Å²) in [4.78, 5) is 24.9. The maximum absolute atomic E-state index is 12.8. The summed E-state index contributed by atoms with van der Waals surface area (Å²) in [5.74, 6) is -0.664. The van der Waals surface area contributed by atoms with Gasteiger partial charge in [-0.25, -0.2) is 0 Å². The second-order valence-electron chi connectivity index (χ2n) is 6.41. The molecule has 0 heterocycles. The Labute approximate surface area is 164 Å². The zero-order chi connectivity index (χ0) is 19.8. The van der Waals surface area contributed by atoms with Crippen molar-refractivity contribution in [1.82, 2.24) is 0 Å². The van der Waals surface area contributed by atoms with Crippen LogP contribution in [0, 0.1) is 0 Å². The van der Waals surface area contributed by atoms with Crippen molar-refractivity contribution in [3.63, 3.8) is 0 Å². The topological polar surface area (TPSA) is 64.6 Å². The van der Waals surface area contributed by atoms with Crippen molar-refractivity contribution >= 4 is 17.6 Å². The van der Waals surface area contributed by atoms with Gasteiger partial charge in [0.05, 0.1) is 7.11 Å². The maximum Gasteiger partial charge on any atom is 0.318 e. The zero-order valence-electron chi connectivity index (χ0n) is 15.8. The minimum Gasteiger partial charge on any atom is -0.497 e. The summed E-state index contributed by atoms with van der Waals surface area (Å²) in [6, 6.07) is 16.4. The minimum absolute atomic E-state index is 0.342. The van der Waals surface area contributed by atoms with Gasteiger partial charge in [0.15, 0.2) is 6.61 Å². The molecular weight excluding hydrogens is 354 g/mol. The highest BCUT2D eigenvalue weighted by atomic mass is 16.5. The van der Waals surface area contributed by atoms with E-state index in [1.165, 1.54) is 0 Å². The van der Waals surface area contributed by atoms with Gasteiger partial charge in [-0.3, -0.25) is 9.59 Å². The number of nitrogens with one attached hydrogen (secondary N) is 1. The van der Waals surface area contributed by atoms with E-state index in [9.17, 15) is 9.59 Å². The molecule has 0 radical (unpaired) electrons. The Hall–Kier alpha value is -3.34. The minimum atomic E-state index is -0.536. The van der Waals surface area contributed by atoms with Crippen LogP contribution in [0.25, 0.3) is 0 Å². The molecule has 0 saturated carbocycles. The monoisotopic (exact) mass is 377 g/mol. The van der Waals surface area contributed by atoms with E-state index >= 15 is 0 Å². The number of hydrogen-bond acceptors (Lipinski definition) is 4. The molecule has 28 heavy (non-hydrogen) atoms. The molecule has 1 amide bonds. The number of hydrogen-bond donors (Lipinski definition) is 1. The van der Waals surface area contributed by atoms with Gasteiger partial charge in [0.1, 0.15) is 11.7 Å². The number of carbonyl (C=O) groups excluding carboxylic acids is 2. The average Bonchev–Trinajstić information content (AvgIpc) is 2.74. The van der Waals surface area contributed by atoms with Crippen LogP contribution in [0.3, 0.4) is 0 Å². The number of benzene rings is 2. The standard InChI is InChI=1S/C23H23NO4/c1-27-20-14-12-19(13-15-20)24-21(25)16-28-23(26)22(17-8-4-2-5-9-17)18-10-6-3-7-11-18/h2,4-6,8-15,22H,3,7,16H2,1H3,(H,24,25). The summed E-state index contributed by atoms with van der Waals surface area (Å²) >= 11 is 0. The third-order valence-electron chi connectivity index (χ3n) is 4.44. The number of amides is 1. The first-order valence-electron chi connectivity index (χ1n) is 9.19. The van der Waals surface area contributed by atoms with Gasteiger partial charge in [0, 0.05) is 5.69 Å². The lowest BCUT2D eigenvalue weighted by molar-refractivity contribution is -0.148. The molecule has 3 rings (SSSR count). The van der Waals surface area contributed by atoms with E-state index in [4.69, 9.17) is 9.47 Å². The second kappa shape index (κ2) is 9.55. The van der Waals surface area contributed by atoms with E-state index in [-0.39, 0.29) is 6.61 Å². The highest BCUT2D eigenvalue weighted by Crippen LogP contribution is 2.29. The molecule has 1 aliphatic carbocycles. The van der Waals surface area contributed by atoms with Crippen molar-refractivity contribution in [2.24, 2.45) is 0 Å². The number of esters is 1. The molecule has 5 nitrogen and oxygen atoms in total. The quantitative estimate of drug-likeness (QED) is 0.733. The van der Waals surface area contributed by atoms with Gasteiger partial charge in [-0.15, -0.1) is 0 Å². The third kappa shape index (κ3) is 5.10. The fourth-order valence-corrected chi connectivity index (χ4v) is 3.05. The molecule has 2 aromatic carbocycles. The molecule has 2 aromatic rings. The van der Waals surface area contributed by atoms with Crippen molar-refractivity contribution in [2.45, 2.75) is 18.8 Å². The Morgan fingerprint density at radius 2 is 1.79 bits per heavy atom. The average molecular weight is 377 g/mol. The van der Waals surface area contributed by atoms with Crippen LogP contribution in [0.4, 0.5) is 5.69 Å². The molecular formula is C23H23NO4. The number of carbonyl (C=O) groups is 2. The van der Waals surface area contributed by atoms with E-state index in [1.54, 1.807) is 31.4 Å². The molecule has 0 spiro atoms. The van der Waals surface area contributed by atoms with Crippen LogP contribution in [0.2, 0.25) is 0 Å². The Morgan fingerprint density at radius 1 is 1.04 bits per heavy atom. The molecule has 0 aliphatic heterocycles. The van der Waals surface area contributed by atoms with Gasteiger partial charge >= 0.3 is 5.97 Å². The van der Waals surface area contributed by atoms with Crippen molar-refractivity contribution in [2.75, 3.05) is 19.0 Å². The summed E-state index contributed by atoms with van der Waals surface area (Å²) in [6.07, 6.45) is 7.91. The van der Waals surface area contributed by atoms with E-state index in [2.05, 4.69) is 17.5 Å². The van der Waals surface area contributed by atoms with E-state index in [0.29, 0.717) is 11.4 Å². The van der Waals surface area contributed by atoms with Gasteiger partial charge in [0.2, 0.25) is 0 Å².